The second-order valence-corrected chi connectivity index (χ2v) is 4.81. The van der Waals surface area contributed by atoms with Crippen LogP contribution in [0.5, 0.6) is 0 Å². The van der Waals surface area contributed by atoms with E-state index in [1.54, 1.807) is 0 Å². The Bertz CT molecular complexity index is 518. The van der Waals surface area contributed by atoms with E-state index in [1.165, 1.54) is 5.56 Å². The first-order chi connectivity index (χ1) is 9.24. The van der Waals surface area contributed by atoms with E-state index in [4.69, 9.17) is 5.73 Å². The van der Waals surface area contributed by atoms with E-state index in [-0.39, 0.29) is 6.04 Å². The second kappa shape index (κ2) is 6.38. The van der Waals surface area contributed by atoms with Gasteiger partial charge in [0.25, 0.3) is 0 Å². The Balaban J connectivity index is 2.18. The molecule has 0 aliphatic carbocycles. The summed E-state index contributed by atoms with van der Waals surface area (Å²) >= 11 is 0. The molecule has 2 aromatic rings. The number of benzene rings is 1. The van der Waals surface area contributed by atoms with E-state index < -0.39 is 0 Å². The minimum atomic E-state index is 0.0934. The highest BCUT2D eigenvalue weighted by Crippen LogP contribution is 2.19. The molecule has 0 aliphatic heterocycles. The van der Waals surface area contributed by atoms with E-state index in [2.05, 4.69) is 53.0 Å². The lowest BCUT2D eigenvalue weighted by Gasteiger charge is -2.20. The van der Waals surface area contributed by atoms with E-state index >= 15 is 0 Å². The van der Waals surface area contributed by atoms with Gasteiger partial charge in [0.15, 0.2) is 0 Å². The molecule has 1 atom stereocenters. The predicted molar refractivity (Wildman–Crippen MR) is 79.1 cm³/mol. The minimum Gasteiger partial charge on any atom is -0.375 e. The Kier molecular flexibility index (Phi) is 4.58. The maximum absolute atomic E-state index is 5.91. The summed E-state index contributed by atoms with van der Waals surface area (Å²) in [5, 5.41) is 3.48. The normalized spacial score (nSPS) is 12.4. The van der Waals surface area contributed by atoms with E-state index in [1.807, 2.05) is 12.5 Å². The summed E-state index contributed by atoms with van der Waals surface area (Å²) in [7, 11) is 0. The number of hydrogen-bond donors (Lipinski definition) is 2. The summed E-state index contributed by atoms with van der Waals surface area (Å²) in [5.74, 6) is 0. The highest BCUT2D eigenvalue weighted by Gasteiger charge is 2.14. The molecule has 0 saturated heterocycles. The Morgan fingerprint density at radius 2 is 2.26 bits per heavy atom. The number of anilines is 1. The summed E-state index contributed by atoms with van der Waals surface area (Å²) in [6.45, 7) is 5.77. The Morgan fingerprint density at radius 1 is 1.42 bits per heavy atom. The van der Waals surface area contributed by atoms with Crippen molar-refractivity contribution in [2.75, 3.05) is 11.9 Å². The topological polar surface area (TPSA) is 55.9 Å². The summed E-state index contributed by atoms with van der Waals surface area (Å²) in [4.78, 5) is 4.24. The molecule has 2 rings (SSSR count). The molecular weight excluding hydrogens is 236 g/mol. The fourth-order valence-electron chi connectivity index (χ4n) is 2.24. The zero-order valence-corrected chi connectivity index (χ0v) is 11.6. The second-order valence-electron chi connectivity index (χ2n) is 4.81. The largest absolute Gasteiger partial charge is 0.375 e. The lowest BCUT2D eigenvalue weighted by molar-refractivity contribution is 0.613. The zero-order valence-electron chi connectivity index (χ0n) is 11.6. The molecule has 1 unspecified atom stereocenters. The molecule has 4 nitrogen and oxygen atoms in total. The van der Waals surface area contributed by atoms with Gasteiger partial charge in [0, 0.05) is 18.8 Å². The van der Waals surface area contributed by atoms with Crippen molar-refractivity contribution >= 4 is 5.69 Å². The molecule has 0 bridgehead atoms. The van der Waals surface area contributed by atoms with Crippen LogP contribution in [0, 0.1) is 6.92 Å². The summed E-state index contributed by atoms with van der Waals surface area (Å²) < 4.78 is 2.17. The molecule has 0 amide bonds. The van der Waals surface area contributed by atoms with Crippen molar-refractivity contribution in [2.45, 2.75) is 32.9 Å². The van der Waals surface area contributed by atoms with Crippen LogP contribution in [0.25, 0.3) is 0 Å². The predicted octanol–water partition coefficient (Wildman–Crippen LogP) is 2.71. The molecule has 102 valence electrons. The first kappa shape index (κ1) is 13.6. The molecule has 1 heterocycles. The van der Waals surface area contributed by atoms with Gasteiger partial charge in [0.2, 0.25) is 0 Å². The number of rotatable bonds is 6. The molecule has 0 radical (unpaired) electrons. The van der Waals surface area contributed by atoms with Crippen LogP contribution in [0.2, 0.25) is 0 Å². The van der Waals surface area contributed by atoms with Gasteiger partial charge in [-0.3, -0.25) is 0 Å². The number of imidazole rings is 1. The zero-order chi connectivity index (χ0) is 13.7. The van der Waals surface area contributed by atoms with Gasteiger partial charge in [0.1, 0.15) is 0 Å². The number of nitrogens with two attached hydrogens (primary N) is 1. The smallest absolute Gasteiger partial charge is 0.0948 e. The average molecular weight is 258 g/mol. The Morgan fingerprint density at radius 3 is 2.95 bits per heavy atom. The van der Waals surface area contributed by atoms with Crippen molar-refractivity contribution in [1.29, 1.82) is 0 Å². The van der Waals surface area contributed by atoms with Crippen LogP contribution in [-0.2, 0) is 6.54 Å². The molecule has 4 heteroatoms. The third-order valence-electron chi connectivity index (χ3n) is 3.16. The molecule has 0 aliphatic rings. The van der Waals surface area contributed by atoms with Crippen LogP contribution >= 0.6 is 0 Å². The van der Waals surface area contributed by atoms with Crippen LogP contribution in [0.1, 0.15) is 30.6 Å². The van der Waals surface area contributed by atoms with Crippen molar-refractivity contribution in [1.82, 2.24) is 9.55 Å². The highest BCUT2D eigenvalue weighted by molar-refractivity contribution is 5.47. The lowest BCUT2D eigenvalue weighted by atomic mass is 10.1. The molecule has 1 aromatic heterocycles. The minimum absolute atomic E-state index is 0.0934. The fraction of sp³-hybridized carbons (Fsp3) is 0.400. The first-order valence-electron chi connectivity index (χ1n) is 6.78. The van der Waals surface area contributed by atoms with Crippen molar-refractivity contribution < 1.29 is 0 Å². The summed E-state index contributed by atoms with van der Waals surface area (Å²) in [5.41, 5.74) is 9.39. The highest BCUT2D eigenvalue weighted by atomic mass is 15.1. The number of aryl methyl sites for hydroxylation is 2. The molecule has 0 fully saturated rings. The Labute approximate surface area is 114 Å². The molecule has 3 N–H and O–H groups in total. The van der Waals surface area contributed by atoms with Crippen LogP contribution in [-0.4, -0.2) is 16.1 Å². The van der Waals surface area contributed by atoms with Gasteiger partial charge < -0.3 is 15.6 Å². The van der Waals surface area contributed by atoms with E-state index in [0.717, 1.165) is 24.3 Å². The molecule has 0 saturated carbocycles. The SMILES string of the molecule is CCCn1cncc1C(CN)Nc1cccc(C)c1. The van der Waals surface area contributed by atoms with Gasteiger partial charge in [0.05, 0.1) is 24.3 Å². The molecular formula is C15H22N4. The number of aromatic nitrogens is 2. The van der Waals surface area contributed by atoms with Gasteiger partial charge in [-0.1, -0.05) is 19.1 Å². The Hall–Kier alpha value is -1.81. The van der Waals surface area contributed by atoms with Gasteiger partial charge in [-0.05, 0) is 31.0 Å². The quantitative estimate of drug-likeness (QED) is 0.837. The third kappa shape index (κ3) is 3.35. The lowest BCUT2D eigenvalue weighted by Crippen LogP contribution is -2.23. The molecule has 0 spiro atoms. The van der Waals surface area contributed by atoms with Gasteiger partial charge in [-0.25, -0.2) is 4.98 Å². The number of nitrogens with one attached hydrogen (secondary N) is 1. The molecule has 1 aromatic carbocycles. The number of nitrogens with zero attached hydrogens (tertiary/aromatic N) is 2. The summed E-state index contributed by atoms with van der Waals surface area (Å²) in [6, 6.07) is 8.42. The van der Waals surface area contributed by atoms with Gasteiger partial charge in [-0.2, -0.15) is 0 Å². The maximum atomic E-state index is 5.91. The van der Waals surface area contributed by atoms with E-state index in [9.17, 15) is 0 Å². The van der Waals surface area contributed by atoms with Crippen molar-refractivity contribution in [2.24, 2.45) is 5.73 Å². The van der Waals surface area contributed by atoms with Crippen LogP contribution in [0.3, 0.4) is 0 Å². The van der Waals surface area contributed by atoms with Gasteiger partial charge in [-0.15, -0.1) is 0 Å². The monoisotopic (exact) mass is 258 g/mol. The van der Waals surface area contributed by atoms with E-state index in [0.29, 0.717) is 6.54 Å². The van der Waals surface area contributed by atoms with Crippen molar-refractivity contribution in [3.8, 4) is 0 Å². The van der Waals surface area contributed by atoms with Gasteiger partial charge >= 0.3 is 0 Å². The van der Waals surface area contributed by atoms with Crippen molar-refractivity contribution in [3.63, 3.8) is 0 Å². The first-order valence-corrected chi connectivity index (χ1v) is 6.78. The van der Waals surface area contributed by atoms with Crippen LogP contribution in [0.4, 0.5) is 5.69 Å². The van der Waals surface area contributed by atoms with Crippen LogP contribution in [0.15, 0.2) is 36.8 Å². The number of hydrogen-bond acceptors (Lipinski definition) is 3. The standard InChI is InChI=1S/C15H22N4/c1-3-7-19-11-17-10-15(19)14(9-16)18-13-6-4-5-12(2)8-13/h4-6,8,10-11,14,18H,3,7,9,16H2,1-2H3. The van der Waals surface area contributed by atoms with Crippen molar-refractivity contribution in [3.05, 3.63) is 48.0 Å². The van der Waals surface area contributed by atoms with Crippen LogP contribution < -0.4 is 11.1 Å². The molecule has 19 heavy (non-hydrogen) atoms. The summed E-state index contributed by atoms with van der Waals surface area (Å²) in [6.07, 6.45) is 4.86. The average Bonchev–Trinajstić information content (AvgIpc) is 2.85. The maximum Gasteiger partial charge on any atom is 0.0948 e. The third-order valence-corrected chi connectivity index (χ3v) is 3.16. The fourth-order valence-corrected chi connectivity index (χ4v) is 2.24.